The van der Waals surface area contributed by atoms with Crippen molar-refractivity contribution in [1.82, 2.24) is 10.2 Å². The maximum absolute atomic E-state index is 13.1. The smallest absolute Gasteiger partial charge is 0.328 e. The van der Waals surface area contributed by atoms with Crippen LogP contribution in [0.2, 0.25) is 0 Å². The van der Waals surface area contributed by atoms with Crippen molar-refractivity contribution >= 4 is 11.9 Å². The maximum atomic E-state index is 13.1. The third-order valence-corrected chi connectivity index (χ3v) is 5.90. The van der Waals surface area contributed by atoms with Gasteiger partial charge in [0.1, 0.15) is 11.8 Å². The van der Waals surface area contributed by atoms with E-state index in [4.69, 9.17) is 14.6 Å². The van der Waals surface area contributed by atoms with Gasteiger partial charge in [0.25, 0.3) is 0 Å². The minimum atomic E-state index is -0.716. The monoisotopic (exact) mass is 422 g/mol. The average molecular weight is 422 g/mol. The van der Waals surface area contributed by atoms with Crippen LogP contribution < -0.4 is 10.1 Å². The molecule has 2 heterocycles. The molecular weight excluding hydrogens is 396 g/mol. The number of aliphatic hydroxyl groups excluding tert-OH is 1. The quantitative estimate of drug-likeness (QED) is 0.560. The SMILES string of the molecule is CCC(=O)N1[C@@H](C(=O)OC)CC2=C(NC3C=CC=CC=C23)[C@H]1c1ccc(OCO)cc1. The van der Waals surface area contributed by atoms with Crippen LogP contribution in [0.3, 0.4) is 0 Å². The molecular formula is C24H26N2O5. The molecule has 3 atom stereocenters. The second-order valence-corrected chi connectivity index (χ2v) is 7.55. The van der Waals surface area contributed by atoms with Gasteiger partial charge in [-0.2, -0.15) is 0 Å². The van der Waals surface area contributed by atoms with Gasteiger partial charge in [-0.1, -0.05) is 49.4 Å². The highest BCUT2D eigenvalue weighted by Crippen LogP contribution is 2.45. The van der Waals surface area contributed by atoms with Gasteiger partial charge in [0.15, 0.2) is 6.79 Å². The Bertz CT molecular complexity index is 990. The topological polar surface area (TPSA) is 88.1 Å². The molecule has 0 aromatic heterocycles. The molecule has 0 bridgehead atoms. The van der Waals surface area contributed by atoms with Gasteiger partial charge in [0.05, 0.1) is 19.2 Å². The van der Waals surface area contributed by atoms with Crippen molar-refractivity contribution in [3.63, 3.8) is 0 Å². The Kier molecular flexibility index (Phi) is 5.95. The number of ether oxygens (including phenoxy) is 2. The molecule has 0 saturated carbocycles. The average Bonchev–Trinajstić information content (AvgIpc) is 2.97. The third-order valence-electron chi connectivity index (χ3n) is 5.90. The number of carbonyl (C=O) groups excluding carboxylic acids is 2. The van der Waals surface area contributed by atoms with Gasteiger partial charge < -0.3 is 24.8 Å². The van der Waals surface area contributed by atoms with E-state index in [1.54, 1.807) is 24.0 Å². The summed E-state index contributed by atoms with van der Waals surface area (Å²) in [6.45, 7) is 1.37. The number of hydrogen-bond donors (Lipinski definition) is 2. The van der Waals surface area contributed by atoms with Gasteiger partial charge in [-0.3, -0.25) is 4.79 Å². The second kappa shape index (κ2) is 8.81. The molecule has 1 unspecified atom stereocenters. The zero-order chi connectivity index (χ0) is 22.0. The highest BCUT2D eigenvalue weighted by atomic mass is 16.6. The summed E-state index contributed by atoms with van der Waals surface area (Å²) in [5.74, 6) is -0.0299. The third kappa shape index (κ3) is 3.77. The Labute approximate surface area is 181 Å². The number of methoxy groups -OCH3 is 1. The molecule has 7 nitrogen and oxygen atoms in total. The first-order chi connectivity index (χ1) is 15.1. The predicted octanol–water partition coefficient (Wildman–Crippen LogP) is 2.52. The van der Waals surface area contributed by atoms with Gasteiger partial charge in [-0.25, -0.2) is 4.79 Å². The molecule has 31 heavy (non-hydrogen) atoms. The van der Waals surface area contributed by atoms with E-state index in [1.807, 2.05) is 30.4 Å². The van der Waals surface area contributed by atoms with Crippen LogP contribution in [-0.2, 0) is 14.3 Å². The molecule has 1 aromatic rings. The van der Waals surface area contributed by atoms with E-state index >= 15 is 0 Å². The number of nitrogens with one attached hydrogen (secondary N) is 1. The van der Waals surface area contributed by atoms with E-state index in [1.165, 1.54) is 7.11 Å². The lowest BCUT2D eigenvalue weighted by atomic mass is 9.86. The summed E-state index contributed by atoms with van der Waals surface area (Å²) in [7, 11) is 1.35. The van der Waals surface area contributed by atoms with Crippen molar-refractivity contribution in [3.05, 3.63) is 77.1 Å². The summed E-state index contributed by atoms with van der Waals surface area (Å²) in [4.78, 5) is 27.5. The Hall–Kier alpha value is -3.32. The second-order valence-electron chi connectivity index (χ2n) is 7.55. The maximum Gasteiger partial charge on any atom is 0.328 e. The fourth-order valence-corrected chi connectivity index (χ4v) is 4.49. The molecule has 7 heteroatoms. The minimum Gasteiger partial charge on any atom is -0.468 e. The van der Waals surface area contributed by atoms with Gasteiger partial charge in [-0.05, 0) is 28.8 Å². The van der Waals surface area contributed by atoms with Crippen molar-refractivity contribution in [2.24, 2.45) is 0 Å². The number of allylic oxidation sites excluding steroid dienone is 4. The number of fused-ring (bicyclic) bond motifs is 2. The minimum absolute atomic E-state index is 0.0190. The van der Waals surface area contributed by atoms with E-state index in [0.717, 1.165) is 22.4 Å². The van der Waals surface area contributed by atoms with Gasteiger partial charge in [0.2, 0.25) is 5.91 Å². The van der Waals surface area contributed by atoms with Gasteiger partial charge in [0, 0.05) is 18.5 Å². The molecule has 0 saturated heterocycles. The molecule has 3 aliphatic rings. The first kappa shape index (κ1) is 20.9. The van der Waals surface area contributed by atoms with Crippen LogP contribution in [0.4, 0.5) is 0 Å². The number of carbonyl (C=O) groups is 2. The van der Waals surface area contributed by atoms with Crippen LogP contribution in [0, 0.1) is 0 Å². The predicted molar refractivity (Wildman–Crippen MR) is 115 cm³/mol. The van der Waals surface area contributed by atoms with E-state index in [9.17, 15) is 9.59 Å². The Balaban J connectivity index is 1.86. The van der Waals surface area contributed by atoms with Crippen LogP contribution in [0.15, 0.2) is 71.5 Å². The Morgan fingerprint density at radius 1 is 1.19 bits per heavy atom. The summed E-state index contributed by atoms with van der Waals surface area (Å²) < 4.78 is 10.2. The van der Waals surface area contributed by atoms with Gasteiger partial charge in [-0.15, -0.1) is 0 Å². The number of nitrogens with zero attached hydrogens (tertiary/aromatic N) is 1. The number of rotatable bonds is 5. The normalized spacial score (nSPS) is 24.0. The zero-order valence-corrected chi connectivity index (χ0v) is 17.6. The van der Waals surface area contributed by atoms with E-state index in [2.05, 4.69) is 17.5 Å². The molecule has 0 spiro atoms. The number of esters is 1. The molecule has 0 radical (unpaired) electrons. The van der Waals surface area contributed by atoms with Crippen LogP contribution in [0.5, 0.6) is 5.75 Å². The van der Waals surface area contributed by atoms with Gasteiger partial charge >= 0.3 is 5.97 Å². The lowest BCUT2D eigenvalue weighted by molar-refractivity contribution is -0.155. The van der Waals surface area contributed by atoms with Crippen molar-refractivity contribution < 1.29 is 24.2 Å². The van der Waals surface area contributed by atoms with Crippen LogP contribution in [0.1, 0.15) is 31.4 Å². The Morgan fingerprint density at radius 2 is 1.97 bits per heavy atom. The first-order valence-corrected chi connectivity index (χ1v) is 10.4. The van der Waals surface area contributed by atoms with Crippen molar-refractivity contribution in [2.45, 2.75) is 37.9 Å². The van der Waals surface area contributed by atoms with Crippen LogP contribution in [0.25, 0.3) is 0 Å². The molecule has 1 amide bonds. The molecule has 1 aromatic carbocycles. The summed E-state index contributed by atoms with van der Waals surface area (Å²) in [6, 6.07) is 6.01. The molecule has 4 rings (SSSR count). The van der Waals surface area contributed by atoms with E-state index < -0.39 is 24.8 Å². The number of aliphatic hydroxyl groups is 1. The van der Waals surface area contributed by atoms with Crippen LogP contribution in [-0.4, -0.2) is 47.9 Å². The molecule has 0 fully saturated rings. The van der Waals surface area contributed by atoms with E-state index in [0.29, 0.717) is 12.2 Å². The van der Waals surface area contributed by atoms with Crippen molar-refractivity contribution in [2.75, 3.05) is 13.9 Å². The first-order valence-electron chi connectivity index (χ1n) is 10.4. The number of amides is 1. The van der Waals surface area contributed by atoms with Crippen LogP contribution >= 0.6 is 0 Å². The van der Waals surface area contributed by atoms with E-state index in [-0.39, 0.29) is 18.4 Å². The lowest BCUT2D eigenvalue weighted by Crippen LogP contribution is -2.51. The summed E-state index contributed by atoms with van der Waals surface area (Å²) in [5.41, 5.74) is 3.91. The number of benzene rings is 1. The highest BCUT2D eigenvalue weighted by molar-refractivity contribution is 5.86. The summed E-state index contributed by atoms with van der Waals surface area (Å²) >= 11 is 0. The summed E-state index contributed by atoms with van der Waals surface area (Å²) in [6.07, 6.45) is 10.7. The lowest BCUT2D eigenvalue weighted by Gasteiger charge is -2.41. The molecule has 2 N–H and O–H groups in total. The van der Waals surface area contributed by atoms with Crippen molar-refractivity contribution in [1.29, 1.82) is 0 Å². The largest absolute Gasteiger partial charge is 0.468 e. The fourth-order valence-electron chi connectivity index (χ4n) is 4.49. The highest BCUT2D eigenvalue weighted by Gasteiger charge is 2.47. The zero-order valence-electron chi connectivity index (χ0n) is 17.6. The summed E-state index contributed by atoms with van der Waals surface area (Å²) in [5, 5.41) is 12.6. The fraction of sp³-hybridized carbons (Fsp3) is 0.333. The molecule has 162 valence electrons. The Morgan fingerprint density at radius 3 is 2.65 bits per heavy atom. The van der Waals surface area contributed by atoms with Crippen molar-refractivity contribution in [3.8, 4) is 5.75 Å². The molecule has 1 aliphatic carbocycles. The molecule has 2 aliphatic heterocycles. The standard InChI is InChI=1S/C24H26N2O5/c1-3-21(28)26-20(24(29)30-2)13-18-17-7-5-4-6-8-19(17)25-22(18)23(26)15-9-11-16(12-10-15)31-14-27/h4-12,19-20,23,25,27H,3,13-14H2,1-2H3/t19?,20-,23-/m1/s1. The number of hydrogen-bond acceptors (Lipinski definition) is 6.